The number of ether oxygens (including phenoxy) is 6. The number of methoxy groups -OCH3 is 6. The molecule has 0 saturated heterocycles. The molecule has 0 spiro atoms. The van der Waals surface area contributed by atoms with Gasteiger partial charge in [-0.2, -0.15) is 0 Å². The normalized spacial score (nSPS) is 9.92. The molecule has 0 aromatic heterocycles. The first-order chi connectivity index (χ1) is 23.4. The zero-order valence-corrected chi connectivity index (χ0v) is 29.7. The molecular weight excluding hydrogens is 616 g/mol. The fourth-order valence-electron chi connectivity index (χ4n) is 5.53. The predicted molar refractivity (Wildman–Crippen MR) is 202 cm³/mol. The minimum absolute atomic E-state index is 0. The Balaban J connectivity index is 0.000000333. The second kappa shape index (κ2) is 20.1. The highest BCUT2D eigenvalue weighted by Gasteiger charge is 2.19. The molecule has 0 aliphatic heterocycles. The van der Waals surface area contributed by atoms with Crippen LogP contribution >= 0.6 is 0 Å². The molecule has 0 atom stereocenters. The van der Waals surface area contributed by atoms with Gasteiger partial charge in [-0.15, -0.1) is 26.3 Å². The lowest BCUT2D eigenvalue weighted by atomic mass is 9.96. The Kier molecular flexibility index (Phi) is 16.3. The van der Waals surface area contributed by atoms with Crippen LogP contribution in [-0.4, -0.2) is 48.1 Å². The molecule has 4 rings (SSSR count). The zero-order valence-electron chi connectivity index (χ0n) is 29.7. The summed E-state index contributed by atoms with van der Waals surface area (Å²) in [6.07, 6.45) is 10.6. The van der Waals surface area contributed by atoms with Gasteiger partial charge in [-0.3, -0.25) is 0 Å². The molecule has 7 nitrogen and oxygen atoms in total. The maximum absolute atomic E-state index is 5.63. The molecule has 0 fully saturated rings. The van der Waals surface area contributed by atoms with Crippen molar-refractivity contribution in [3.8, 4) is 56.8 Å². The summed E-state index contributed by atoms with van der Waals surface area (Å²) in [5.41, 5.74) is 8.36. The van der Waals surface area contributed by atoms with Crippen molar-refractivity contribution < 1.29 is 33.9 Å². The van der Waals surface area contributed by atoms with Crippen LogP contribution in [0.25, 0.3) is 22.3 Å². The molecule has 0 saturated carbocycles. The molecule has 0 heterocycles. The van der Waals surface area contributed by atoms with E-state index in [-0.39, 0.29) is 5.48 Å². The molecule has 0 amide bonds. The van der Waals surface area contributed by atoms with Crippen LogP contribution in [0.3, 0.4) is 0 Å². The summed E-state index contributed by atoms with van der Waals surface area (Å²) >= 11 is 0. The number of rotatable bonds is 16. The molecular formula is C42H50O7. The van der Waals surface area contributed by atoms with Crippen LogP contribution in [0.4, 0.5) is 0 Å². The third-order valence-electron chi connectivity index (χ3n) is 7.71. The first-order valence-corrected chi connectivity index (χ1v) is 15.6. The van der Waals surface area contributed by atoms with Gasteiger partial charge in [-0.25, -0.2) is 0 Å². The molecule has 4 aromatic carbocycles. The second-order valence-corrected chi connectivity index (χ2v) is 10.8. The van der Waals surface area contributed by atoms with Gasteiger partial charge < -0.3 is 33.9 Å². The van der Waals surface area contributed by atoms with Crippen LogP contribution in [0.15, 0.2) is 111 Å². The maximum Gasteiger partial charge on any atom is 0.168 e. The van der Waals surface area contributed by atoms with Gasteiger partial charge in [0.25, 0.3) is 0 Å². The zero-order chi connectivity index (χ0) is 35.1. The first-order valence-electron chi connectivity index (χ1n) is 15.6. The molecule has 0 radical (unpaired) electrons. The number of allylic oxidation sites excluding steroid dienone is 4. The quantitative estimate of drug-likeness (QED) is 0.111. The Bertz CT molecular complexity index is 1590. The van der Waals surface area contributed by atoms with Gasteiger partial charge in [0.1, 0.15) is 11.5 Å². The molecule has 2 N–H and O–H groups in total. The van der Waals surface area contributed by atoms with Gasteiger partial charge in [-0.05, 0) is 96.5 Å². The highest BCUT2D eigenvalue weighted by atomic mass is 16.5. The average molecular weight is 667 g/mol. The molecule has 7 heteroatoms. The summed E-state index contributed by atoms with van der Waals surface area (Å²) in [5, 5.41) is 0. The maximum atomic E-state index is 5.63. The monoisotopic (exact) mass is 666 g/mol. The largest absolute Gasteiger partial charge is 0.496 e. The van der Waals surface area contributed by atoms with Gasteiger partial charge in [0.05, 0.1) is 42.7 Å². The summed E-state index contributed by atoms with van der Waals surface area (Å²) in [6.45, 7) is 15.3. The first kappa shape index (κ1) is 39.8. The summed E-state index contributed by atoms with van der Waals surface area (Å²) in [4.78, 5) is 0. The lowest BCUT2D eigenvalue weighted by Crippen LogP contribution is -1.98. The van der Waals surface area contributed by atoms with Crippen molar-refractivity contribution in [3.63, 3.8) is 0 Å². The van der Waals surface area contributed by atoms with Gasteiger partial charge in [0, 0.05) is 22.3 Å². The van der Waals surface area contributed by atoms with Crippen molar-refractivity contribution in [2.45, 2.75) is 25.7 Å². The molecule has 0 bridgehead atoms. The molecule has 4 aromatic rings. The van der Waals surface area contributed by atoms with Crippen LogP contribution in [0.5, 0.6) is 34.5 Å². The van der Waals surface area contributed by atoms with E-state index in [1.807, 2.05) is 60.7 Å². The lowest BCUT2D eigenvalue weighted by molar-refractivity contribution is 0.355. The van der Waals surface area contributed by atoms with E-state index in [0.29, 0.717) is 23.0 Å². The van der Waals surface area contributed by atoms with Crippen molar-refractivity contribution in [1.82, 2.24) is 0 Å². The van der Waals surface area contributed by atoms with E-state index >= 15 is 0 Å². The standard InChI is InChI=1S/2C21H24O3.H2O/c2*1-6-8-15-10-11-19(22-3)17(12-15)18-13-16(9-7-2)14-20(23-4)21(18)24-5;/h2*6-7,10-14H,1-2,8-9H2,3-5H3;1H2. The van der Waals surface area contributed by atoms with E-state index in [4.69, 9.17) is 28.4 Å². The van der Waals surface area contributed by atoms with E-state index in [0.717, 1.165) is 81.7 Å². The molecule has 0 unspecified atom stereocenters. The SMILES string of the molecule is C=CCc1ccc(OC)c(-c2cc(CC=C)cc(OC)c2OC)c1.C=CCc1ccc(OC)c(-c2cc(CC=C)cc(OC)c2OC)c1.O. The summed E-state index contributed by atoms with van der Waals surface area (Å²) in [6, 6.07) is 20.4. The third-order valence-corrected chi connectivity index (χ3v) is 7.71. The van der Waals surface area contributed by atoms with E-state index in [1.165, 1.54) is 0 Å². The number of hydrogen-bond donors (Lipinski definition) is 0. The van der Waals surface area contributed by atoms with E-state index in [2.05, 4.69) is 50.6 Å². The second-order valence-electron chi connectivity index (χ2n) is 10.8. The van der Waals surface area contributed by atoms with E-state index < -0.39 is 0 Å². The van der Waals surface area contributed by atoms with Crippen LogP contribution in [-0.2, 0) is 25.7 Å². The van der Waals surface area contributed by atoms with E-state index in [1.54, 1.807) is 42.7 Å². The van der Waals surface area contributed by atoms with Crippen LogP contribution in [0.1, 0.15) is 22.3 Å². The van der Waals surface area contributed by atoms with Crippen molar-refractivity contribution in [3.05, 3.63) is 134 Å². The molecule has 49 heavy (non-hydrogen) atoms. The van der Waals surface area contributed by atoms with E-state index in [9.17, 15) is 0 Å². The van der Waals surface area contributed by atoms with Crippen LogP contribution < -0.4 is 28.4 Å². The van der Waals surface area contributed by atoms with Gasteiger partial charge in [-0.1, -0.05) is 36.4 Å². The Labute approximate surface area is 292 Å². The molecule has 260 valence electrons. The van der Waals surface area contributed by atoms with Crippen molar-refractivity contribution in [2.24, 2.45) is 0 Å². The Hall–Kier alpha value is -5.40. The highest BCUT2D eigenvalue weighted by molar-refractivity contribution is 5.81. The number of benzene rings is 4. The summed E-state index contributed by atoms with van der Waals surface area (Å²) in [5.74, 6) is 4.36. The minimum Gasteiger partial charge on any atom is -0.496 e. The van der Waals surface area contributed by atoms with Crippen LogP contribution in [0, 0.1) is 0 Å². The van der Waals surface area contributed by atoms with Crippen molar-refractivity contribution >= 4 is 0 Å². The third kappa shape index (κ3) is 9.81. The van der Waals surface area contributed by atoms with Gasteiger partial charge in [0.2, 0.25) is 0 Å². The number of hydrogen-bond acceptors (Lipinski definition) is 6. The predicted octanol–water partition coefficient (Wildman–Crippen LogP) is 8.85. The fourth-order valence-corrected chi connectivity index (χ4v) is 5.53. The topological polar surface area (TPSA) is 86.9 Å². The van der Waals surface area contributed by atoms with Crippen molar-refractivity contribution in [1.29, 1.82) is 0 Å². The smallest absolute Gasteiger partial charge is 0.168 e. The average Bonchev–Trinajstić information content (AvgIpc) is 3.11. The lowest BCUT2D eigenvalue weighted by Gasteiger charge is -2.17. The molecule has 0 aliphatic carbocycles. The Morgan fingerprint density at radius 3 is 0.980 bits per heavy atom. The fraction of sp³-hybridized carbons (Fsp3) is 0.238. The van der Waals surface area contributed by atoms with Gasteiger partial charge in [0.15, 0.2) is 23.0 Å². The highest BCUT2D eigenvalue weighted by Crippen LogP contribution is 2.44. The van der Waals surface area contributed by atoms with Crippen molar-refractivity contribution in [2.75, 3.05) is 42.7 Å². The van der Waals surface area contributed by atoms with Gasteiger partial charge >= 0.3 is 0 Å². The molecule has 0 aliphatic rings. The Morgan fingerprint density at radius 2 is 0.694 bits per heavy atom. The minimum atomic E-state index is 0. The summed E-state index contributed by atoms with van der Waals surface area (Å²) in [7, 11) is 9.92. The summed E-state index contributed by atoms with van der Waals surface area (Å²) < 4.78 is 33.4. The Morgan fingerprint density at radius 1 is 0.388 bits per heavy atom. The van der Waals surface area contributed by atoms with Crippen LogP contribution in [0.2, 0.25) is 0 Å².